The van der Waals surface area contributed by atoms with Crippen LogP contribution in [0.5, 0.6) is 0 Å². The lowest BCUT2D eigenvalue weighted by Crippen LogP contribution is -2.37. The summed E-state index contributed by atoms with van der Waals surface area (Å²) in [6.45, 7) is 4.85. The lowest BCUT2D eigenvalue weighted by Gasteiger charge is -2.31. The normalized spacial score (nSPS) is 11.7. The molecule has 4 nitrogen and oxygen atoms in total. The first-order valence-corrected chi connectivity index (χ1v) is 7.55. The van der Waals surface area contributed by atoms with Gasteiger partial charge in [0.2, 0.25) is 0 Å². The molecule has 0 aliphatic carbocycles. The van der Waals surface area contributed by atoms with E-state index in [9.17, 15) is 9.59 Å². The molecular formula is C13H21BrN2O2. The highest BCUT2D eigenvalue weighted by atomic mass is 79.9. The smallest absolute Gasteiger partial charge is 0.265 e. The summed E-state index contributed by atoms with van der Waals surface area (Å²) in [7, 11) is 0. The maximum atomic E-state index is 11.8. The Morgan fingerprint density at radius 1 is 1.22 bits per heavy atom. The molecule has 0 saturated heterocycles. The zero-order chi connectivity index (χ0) is 13.6. The van der Waals surface area contributed by atoms with Crippen LogP contribution in [0.4, 0.5) is 0 Å². The highest BCUT2D eigenvalue weighted by Gasteiger charge is 2.28. The van der Waals surface area contributed by atoms with Gasteiger partial charge in [-0.3, -0.25) is 14.7 Å². The second-order valence-corrected chi connectivity index (χ2v) is 5.43. The monoisotopic (exact) mass is 316 g/mol. The molecule has 0 unspecified atom stereocenters. The number of hydrogen-bond acceptors (Lipinski definition) is 2. The molecule has 0 fully saturated rings. The van der Waals surface area contributed by atoms with Crippen LogP contribution in [0.15, 0.2) is 21.7 Å². The van der Waals surface area contributed by atoms with Gasteiger partial charge in [-0.2, -0.15) is 0 Å². The predicted octanol–water partition coefficient (Wildman–Crippen LogP) is 2.52. The largest absolute Gasteiger partial charge is 0.268 e. The maximum Gasteiger partial charge on any atom is 0.265 e. The number of alkyl halides is 1. The van der Waals surface area contributed by atoms with Gasteiger partial charge in [0.15, 0.2) is 0 Å². The van der Waals surface area contributed by atoms with Gasteiger partial charge in [-0.25, -0.2) is 4.68 Å². The van der Waals surface area contributed by atoms with Gasteiger partial charge in [0.05, 0.1) is 0 Å². The van der Waals surface area contributed by atoms with Gasteiger partial charge in [-0.15, -0.1) is 0 Å². The third-order valence-electron chi connectivity index (χ3n) is 3.23. The van der Waals surface area contributed by atoms with E-state index in [1.807, 2.05) is 0 Å². The zero-order valence-electron chi connectivity index (χ0n) is 11.0. The first kappa shape index (κ1) is 15.2. The van der Waals surface area contributed by atoms with E-state index in [2.05, 4.69) is 34.9 Å². The lowest BCUT2D eigenvalue weighted by molar-refractivity contribution is 0.218. The fourth-order valence-electron chi connectivity index (χ4n) is 2.43. The van der Waals surface area contributed by atoms with Crippen LogP contribution in [0.3, 0.4) is 0 Å². The maximum absolute atomic E-state index is 11.8. The number of hydrogen-bond donors (Lipinski definition) is 1. The summed E-state index contributed by atoms with van der Waals surface area (Å²) < 4.78 is 1.44. The number of aromatic nitrogens is 2. The molecule has 0 atom stereocenters. The molecule has 18 heavy (non-hydrogen) atoms. The van der Waals surface area contributed by atoms with Crippen LogP contribution in [0.1, 0.15) is 39.5 Å². The van der Waals surface area contributed by atoms with E-state index < -0.39 is 0 Å². The molecule has 1 aromatic heterocycles. The van der Waals surface area contributed by atoms with Crippen LogP contribution in [-0.4, -0.2) is 15.1 Å². The van der Waals surface area contributed by atoms with Crippen LogP contribution in [-0.2, 0) is 6.54 Å². The third kappa shape index (κ3) is 3.83. The highest BCUT2D eigenvalue weighted by molar-refractivity contribution is 9.09. The predicted molar refractivity (Wildman–Crippen MR) is 77.4 cm³/mol. The van der Waals surface area contributed by atoms with E-state index in [-0.39, 0.29) is 16.5 Å². The highest BCUT2D eigenvalue weighted by Crippen LogP contribution is 2.33. The SMILES string of the molecule is CCCC(CBr)(CCC)Cn1[nH]c(=O)ccc1=O. The van der Waals surface area contributed by atoms with Crippen molar-refractivity contribution in [3.63, 3.8) is 0 Å². The number of H-pyrrole nitrogens is 1. The molecule has 0 aromatic carbocycles. The van der Waals surface area contributed by atoms with Crippen LogP contribution >= 0.6 is 15.9 Å². The molecule has 1 heterocycles. The number of nitrogens with one attached hydrogen (secondary N) is 1. The zero-order valence-corrected chi connectivity index (χ0v) is 12.6. The third-order valence-corrected chi connectivity index (χ3v) is 4.42. The molecule has 1 rings (SSSR count). The molecule has 0 aliphatic rings. The number of halogens is 1. The molecule has 0 amide bonds. The summed E-state index contributed by atoms with van der Waals surface area (Å²) in [5.41, 5.74) is -0.337. The van der Waals surface area contributed by atoms with Crippen molar-refractivity contribution in [3.05, 3.63) is 32.8 Å². The summed E-state index contributed by atoms with van der Waals surface area (Å²) in [6, 6.07) is 2.60. The minimum absolute atomic E-state index is 0.0393. The number of nitrogens with zero attached hydrogens (tertiary/aromatic N) is 1. The summed E-state index contributed by atoms with van der Waals surface area (Å²) in [5.74, 6) is 0. The van der Waals surface area contributed by atoms with E-state index in [0.717, 1.165) is 31.0 Å². The van der Waals surface area contributed by atoms with E-state index in [0.29, 0.717) is 6.54 Å². The molecular weight excluding hydrogens is 296 g/mol. The second-order valence-electron chi connectivity index (χ2n) is 4.87. The summed E-state index contributed by atoms with van der Waals surface area (Å²) in [4.78, 5) is 23.1. The molecule has 1 aromatic rings. The Kier molecular flexibility index (Phi) is 5.85. The number of aromatic amines is 1. The van der Waals surface area contributed by atoms with Crippen LogP contribution in [0, 0.1) is 5.41 Å². The fraction of sp³-hybridized carbons (Fsp3) is 0.692. The van der Waals surface area contributed by atoms with Crippen molar-refractivity contribution >= 4 is 15.9 Å². The molecule has 0 saturated carbocycles. The minimum Gasteiger partial charge on any atom is -0.268 e. The van der Waals surface area contributed by atoms with Crippen molar-refractivity contribution in [1.29, 1.82) is 0 Å². The van der Waals surface area contributed by atoms with E-state index in [4.69, 9.17) is 0 Å². The Labute approximate surface area is 116 Å². The van der Waals surface area contributed by atoms with Crippen molar-refractivity contribution in [3.8, 4) is 0 Å². The average molecular weight is 317 g/mol. The van der Waals surface area contributed by atoms with Crippen molar-refractivity contribution in [2.75, 3.05) is 5.33 Å². The fourth-order valence-corrected chi connectivity index (χ4v) is 3.17. The first-order chi connectivity index (χ1) is 8.56. The van der Waals surface area contributed by atoms with Gasteiger partial charge in [0, 0.05) is 24.0 Å². The van der Waals surface area contributed by atoms with Crippen LogP contribution < -0.4 is 11.1 Å². The standard InChI is InChI=1S/C13H21BrN2O2/c1-3-7-13(9-14,8-4-2)10-16-12(18)6-5-11(17)15-16/h5-6H,3-4,7-10H2,1-2H3,(H,15,17). The van der Waals surface area contributed by atoms with Crippen molar-refractivity contribution in [2.24, 2.45) is 5.41 Å². The van der Waals surface area contributed by atoms with Gasteiger partial charge in [0.1, 0.15) is 0 Å². The quantitative estimate of drug-likeness (QED) is 0.786. The van der Waals surface area contributed by atoms with Crippen molar-refractivity contribution < 1.29 is 0 Å². The molecule has 1 N–H and O–H groups in total. The summed E-state index contributed by atoms with van der Waals surface area (Å²) in [6.07, 6.45) is 4.21. The molecule has 0 aliphatic heterocycles. The van der Waals surface area contributed by atoms with Crippen molar-refractivity contribution in [1.82, 2.24) is 9.78 Å². The molecule has 0 spiro atoms. The Hall–Kier alpha value is -0.840. The summed E-state index contributed by atoms with van der Waals surface area (Å²) >= 11 is 3.57. The van der Waals surface area contributed by atoms with Gasteiger partial charge in [0.25, 0.3) is 11.1 Å². The van der Waals surface area contributed by atoms with Gasteiger partial charge in [-0.05, 0) is 18.3 Å². The van der Waals surface area contributed by atoms with Crippen LogP contribution in [0.25, 0.3) is 0 Å². The van der Waals surface area contributed by atoms with Gasteiger partial charge >= 0.3 is 0 Å². The summed E-state index contributed by atoms with van der Waals surface area (Å²) in [5, 5.41) is 3.45. The van der Waals surface area contributed by atoms with E-state index in [1.165, 1.54) is 16.8 Å². The van der Waals surface area contributed by atoms with Gasteiger partial charge < -0.3 is 0 Å². The Bertz CT molecular complexity index is 472. The molecule has 0 bridgehead atoms. The molecule has 5 heteroatoms. The Morgan fingerprint density at radius 2 is 1.83 bits per heavy atom. The lowest BCUT2D eigenvalue weighted by atomic mass is 9.81. The Morgan fingerprint density at radius 3 is 2.33 bits per heavy atom. The van der Waals surface area contributed by atoms with E-state index >= 15 is 0 Å². The van der Waals surface area contributed by atoms with Gasteiger partial charge in [-0.1, -0.05) is 42.6 Å². The Balaban J connectivity index is 3.05. The van der Waals surface area contributed by atoms with Crippen LogP contribution in [0.2, 0.25) is 0 Å². The molecule has 102 valence electrons. The first-order valence-electron chi connectivity index (χ1n) is 6.43. The average Bonchev–Trinajstić information content (AvgIpc) is 2.34. The van der Waals surface area contributed by atoms with E-state index in [1.54, 1.807) is 0 Å². The topological polar surface area (TPSA) is 54.9 Å². The number of rotatable bonds is 7. The van der Waals surface area contributed by atoms with Crippen molar-refractivity contribution in [2.45, 2.75) is 46.1 Å². The molecule has 0 radical (unpaired) electrons. The minimum atomic E-state index is -0.230. The second kappa shape index (κ2) is 6.92.